The molecule has 0 atom stereocenters. The lowest BCUT2D eigenvalue weighted by atomic mass is 9.99. The molecule has 0 saturated carbocycles. The molecule has 2 amide bonds. The van der Waals surface area contributed by atoms with Crippen molar-refractivity contribution < 1.29 is 23.8 Å². The van der Waals surface area contributed by atoms with Crippen molar-refractivity contribution in [3.05, 3.63) is 41.5 Å². The monoisotopic (exact) mass is 385 g/mol. The minimum Gasteiger partial charge on any atom is -0.493 e. The number of anilines is 2. The molecule has 1 aliphatic rings. The number of carbonyl (C=O) groups is 2. The summed E-state index contributed by atoms with van der Waals surface area (Å²) >= 11 is 0. The van der Waals surface area contributed by atoms with Crippen molar-refractivity contribution in [3.63, 3.8) is 0 Å². The van der Waals surface area contributed by atoms with E-state index in [1.807, 2.05) is 18.2 Å². The Morgan fingerprint density at radius 1 is 1.14 bits per heavy atom. The summed E-state index contributed by atoms with van der Waals surface area (Å²) in [5.74, 6) is -0.0810. The smallest absolute Gasteiger partial charge is 0.258 e. The maximum absolute atomic E-state index is 13.2. The van der Waals surface area contributed by atoms with Crippen LogP contribution in [0.2, 0.25) is 0 Å². The van der Waals surface area contributed by atoms with Gasteiger partial charge in [0.05, 0.1) is 14.2 Å². The van der Waals surface area contributed by atoms with Gasteiger partial charge in [-0.05, 0) is 42.7 Å². The van der Waals surface area contributed by atoms with E-state index < -0.39 is 5.91 Å². The van der Waals surface area contributed by atoms with Gasteiger partial charge in [0, 0.05) is 23.5 Å². The summed E-state index contributed by atoms with van der Waals surface area (Å²) in [7, 11) is 2.88. The predicted octanol–water partition coefficient (Wildman–Crippen LogP) is 1.74. The number of nitrogens with zero attached hydrogens (tertiary/aromatic N) is 1. The van der Waals surface area contributed by atoms with Crippen LogP contribution in [0.15, 0.2) is 30.3 Å². The van der Waals surface area contributed by atoms with Gasteiger partial charge >= 0.3 is 0 Å². The second-order valence-corrected chi connectivity index (χ2v) is 6.37. The van der Waals surface area contributed by atoms with Gasteiger partial charge in [-0.1, -0.05) is 6.07 Å². The maximum Gasteiger partial charge on any atom is 0.258 e. The number of methoxy groups -OCH3 is 2. The third-order valence-corrected chi connectivity index (χ3v) is 4.60. The topological polar surface area (TPSA) is 117 Å². The van der Waals surface area contributed by atoms with Crippen LogP contribution in [0.4, 0.5) is 11.4 Å². The third kappa shape index (κ3) is 3.66. The minimum atomic E-state index is -0.633. The van der Waals surface area contributed by atoms with Gasteiger partial charge in [-0.15, -0.1) is 0 Å². The molecule has 1 heterocycles. The molecular formula is C20H23N3O5. The largest absolute Gasteiger partial charge is 0.493 e. The number of carbonyl (C=O) groups excluding carboxylic acids is 2. The van der Waals surface area contributed by atoms with Crippen LogP contribution in [-0.4, -0.2) is 39.2 Å². The number of fused-ring (bicyclic) bond motifs is 1. The lowest BCUT2D eigenvalue weighted by Gasteiger charge is -2.30. The minimum absolute atomic E-state index is 0.204. The van der Waals surface area contributed by atoms with Gasteiger partial charge in [-0.25, -0.2) is 0 Å². The number of amides is 2. The van der Waals surface area contributed by atoms with Crippen LogP contribution in [0.1, 0.15) is 22.3 Å². The summed E-state index contributed by atoms with van der Waals surface area (Å²) in [6.45, 7) is 0.249. The summed E-state index contributed by atoms with van der Waals surface area (Å²) in [6.07, 6.45) is 1.65. The van der Waals surface area contributed by atoms with E-state index in [0.29, 0.717) is 17.8 Å². The first kappa shape index (κ1) is 19.3. The lowest BCUT2D eigenvalue weighted by molar-refractivity contribution is -0.120. The molecule has 0 saturated heterocycles. The molecule has 8 heteroatoms. The summed E-state index contributed by atoms with van der Waals surface area (Å²) in [6, 6.07) is 8.68. The molecule has 0 radical (unpaired) electrons. The zero-order valence-corrected chi connectivity index (χ0v) is 15.9. The molecule has 0 bridgehead atoms. The van der Waals surface area contributed by atoms with Crippen molar-refractivity contribution in [3.8, 4) is 17.2 Å². The molecule has 148 valence electrons. The van der Waals surface area contributed by atoms with Gasteiger partial charge in [0.25, 0.3) is 11.8 Å². The molecule has 4 N–H and O–H groups in total. The number of nitrogens with two attached hydrogens (primary N) is 2. The first-order chi connectivity index (χ1) is 13.5. The third-order valence-electron chi connectivity index (χ3n) is 4.60. The summed E-state index contributed by atoms with van der Waals surface area (Å²) in [5, 5.41) is 0. The van der Waals surface area contributed by atoms with E-state index in [1.165, 1.54) is 14.2 Å². The van der Waals surface area contributed by atoms with E-state index in [1.54, 1.807) is 17.0 Å². The van der Waals surface area contributed by atoms with Crippen LogP contribution < -0.4 is 30.6 Å². The molecule has 28 heavy (non-hydrogen) atoms. The molecule has 0 aromatic heterocycles. The first-order valence-electron chi connectivity index (χ1n) is 8.82. The highest BCUT2D eigenvalue weighted by molar-refractivity contribution is 6.07. The first-order valence-corrected chi connectivity index (χ1v) is 8.82. The van der Waals surface area contributed by atoms with Crippen LogP contribution in [0.3, 0.4) is 0 Å². The van der Waals surface area contributed by atoms with Crippen molar-refractivity contribution >= 4 is 23.2 Å². The van der Waals surface area contributed by atoms with E-state index in [2.05, 4.69) is 0 Å². The van der Waals surface area contributed by atoms with Crippen molar-refractivity contribution in [1.29, 1.82) is 0 Å². The number of hydrogen-bond donors (Lipinski definition) is 2. The average molecular weight is 385 g/mol. The SMILES string of the molecule is COc1cc(C(=O)N2CCCc3c(N)cccc32)cc(OC)c1OCC(N)=O. The Labute approximate surface area is 163 Å². The number of rotatable bonds is 6. The van der Waals surface area contributed by atoms with Gasteiger partial charge in [-0.3, -0.25) is 9.59 Å². The van der Waals surface area contributed by atoms with E-state index in [4.69, 9.17) is 25.7 Å². The Bertz CT molecular complexity index is 888. The zero-order chi connectivity index (χ0) is 20.3. The Balaban J connectivity index is 1.99. The molecule has 0 spiro atoms. The molecule has 3 rings (SSSR count). The van der Waals surface area contributed by atoms with Crippen molar-refractivity contribution in [1.82, 2.24) is 0 Å². The molecule has 0 fully saturated rings. The van der Waals surface area contributed by atoms with Gasteiger partial charge < -0.3 is 30.6 Å². The summed E-state index contributed by atoms with van der Waals surface area (Å²) in [5.41, 5.74) is 14.1. The number of hydrogen-bond acceptors (Lipinski definition) is 6. The van der Waals surface area contributed by atoms with E-state index >= 15 is 0 Å². The zero-order valence-electron chi connectivity index (χ0n) is 15.9. The van der Waals surface area contributed by atoms with Gasteiger partial charge in [-0.2, -0.15) is 0 Å². The number of primary amides is 1. The van der Waals surface area contributed by atoms with Crippen molar-refractivity contribution in [2.45, 2.75) is 12.8 Å². The second-order valence-electron chi connectivity index (χ2n) is 6.37. The van der Waals surface area contributed by atoms with Crippen molar-refractivity contribution in [2.24, 2.45) is 5.73 Å². The Morgan fingerprint density at radius 3 is 2.43 bits per heavy atom. The molecule has 2 aromatic carbocycles. The van der Waals surface area contributed by atoms with Gasteiger partial charge in [0.1, 0.15) is 0 Å². The highest BCUT2D eigenvalue weighted by Gasteiger charge is 2.27. The fraction of sp³-hybridized carbons (Fsp3) is 0.300. The Morgan fingerprint density at radius 2 is 1.82 bits per heavy atom. The average Bonchev–Trinajstić information content (AvgIpc) is 2.70. The number of benzene rings is 2. The highest BCUT2D eigenvalue weighted by atomic mass is 16.5. The number of nitrogen functional groups attached to an aromatic ring is 1. The Kier molecular flexibility index (Phi) is 5.58. The van der Waals surface area contributed by atoms with Crippen LogP contribution in [0, 0.1) is 0 Å². The normalized spacial score (nSPS) is 12.9. The van der Waals surface area contributed by atoms with Crippen molar-refractivity contribution in [2.75, 3.05) is 38.0 Å². The quantitative estimate of drug-likeness (QED) is 0.732. The molecule has 8 nitrogen and oxygen atoms in total. The molecule has 0 aliphatic carbocycles. The fourth-order valence-electron chi connectivity index (χ4n) is 3.31. The van der Waals surface area contributed by atoms with Gasteiger partial charge in [0.2, 0.25) is 5.75 Å². The van der Waals surface area contributed by atoms with Crippen LogP contribution in [-0.2, 0) is 11.2 Å². The van der Waals surface area contributed by atoms with E-state index in [0.717, 1.165) is 24.1 Å². The van der Waals surface area contributed by atoms with Crippen LogP contribution in [0.5, 0.6) is 17.2 Å². The Hall–Kier alpha value is -3.42. The lowest BCUT2D eigenvalue weighted by Crippen LogP contribution is -2.35. The summed E-state index contributed by atoms with van der Waals surface area (Å²) in [4.78, 5) is 26.0. The van der Waals surface area contributed by atoms with E-state index in [-0.39, 0.29) is 29.8 Å². The summed E-state index contributed by atoms with van der Waals surface area (Å²) < 4.78 is 16.1. The standard InChI is InChI=1S/C20H23N3O5/c1-26-16-9-12(10-17(27-2)19(16)28-11-18(22)24)20(25)23-8-4-5-13-14(21)6-3-7-15(13)23/h3,6-7,9-10H,4-5,8,11,21H2,1-2H3,(H2,22,24). The molecule has 1 aliphatic heterocycles. The number of ether oxygens (including phenoxy) is 3. The second kappa shape index (κ2) is 8.08. The van der Waals surface area contributed by atoms with Crippen LogP contribution in [0.25, 0.3) is 0 Å². The highest BCUT2D eigenvalue weighted by Crippen LogP contribution is 2.40. The fourth-order valence-corrected chi connectivity index (χ4v) is 3.31. The molecule has 2 aromatic rings. The maximum atomic E-state index is 13.2. The van der Waals surface area contributed by atoms with Gasteiger partial charge in [0.15, 0.2) is 18.1 Å². The predicted molar refractivity (Wildman–Crippen MR) is 105 cm³/mol. The molecule has 0 unspecified atom stereocenters. The van der Waals surface area contributed by atoms with E-state index in [9.17, 15) is 9.59 Å². The molecular weight excluding hydrogens is 362 g/mol. The van der Waals surface area contributed by atoms with Crippen LogP contribution >= 0.6 is 0 Å².